The monoisotopic (exact) mass is 234 g/mol. The molecule has 5 heteroatoms. The molecular formula is C12H14N2O3. The number of carbonyl (C=O) groups excluding carboxylic acids is 1. The van der Waals surface area contributed by atoms with E-state index in [0.717, 1.165) is 16.8 Å². The molecule has 0 radical (unpaired) electrons. The minimum Gasteiger partial charge on any atom is -0.467 e. The van der Waals surface area contributed by atoms with Crippen molar-refractivity contribution in [3.8, 4) is 0 Å². The Morgan fingerprint density at radius 2 is 2.29 bits per heavy atom. The molecule has 1 N–H and O–H groups in total. The zero-order valence-corrected chi connectivity index (χ0v) is 9.98. The lowest BCUT2D eigenvalue weighted by atomic mass is 10.2. The Morgan fingerprint density at radius 3 is 3.00 bits per heavy atom. The number of anilines is 1. The predicted molar refractivity (Wildman–Crippen MR) is 63.8 cm³/mol. The topological polar surface area (TPSA) is 64.4 Å². The first kappa shape index (κ1) is 11.4. The number of oxazole rings is 1. The number of fused-ring (bicyclic) bond motifs is 1. The van der Waals surface area contributed by atoms with Gasteiger partial charge in [-0.3, -0.25) is 0 Å². The van der Waals surface area contributed by atoms with Gasteiger partial charge in [0.25, 0.3) is 0 Å². The highest BCUT2D eigenvalue weighted by Gasteiger charge is 2.13. The van der Waals surface area contributed by atoms with Gasteiger partial charge in [0.15, 0.2) is 11.5 Å². The Hall–Kier alpha value is -2.04. The second-order valence-electron chi connectivity index (χ2n) is 3.80. The average molecular weight is 234 g/mol. The van der Waals surface area contributed by atoms with Crippen LogP contribution in [0.2, 0.25) is 0 Å². The van der Waals surface area contributed by atoms with Crippen LogP contribution in [0.4, 0.5) is 5.69 Å². The quantitative estimate of drug-likeness (QED) is 0.824. The van der Waals surface area contributed by atoms with Crippen molar-refractivity contribution < 1.29 is 13.9 Å². The van der Waals surface area contributed by atoms with Crippen LogP contribution in [0.15, 0.2) is 22.6 Å². The molecule has 1 aromatic carbocycles. The lowest BCUT2D eigenvalue weighted by Crippen LogP contribution is -2.27. The third-order valence-electron chi connectivity index (χ3n) is 2.43. The van der Waals surface area contributed by atoms with Crippen LogP contribution in [0.1, 0.15) is 12.8 Å². The van der Waals surface area contributed by atoms with Gasteiger partial charge in [-0.2, -0.15) is 0 Å². The number of ether oxygens (including phenoxy) is 1. The van der Waals surface area contributed by atoms with E-state index in [2.05, 4.69) is 15.0 Å². The molecule has 1 heterocycles. The fraction of sp³-hybridized carbons (Fsp3) is 0.333. The lowest BCUT2D eigenvalue weighted by Gasteiger charge is -2.12. The molecule has 1 unspecified atom stereocenters. The molecule has 1 aromatic heterocycles. The molecule has 0 bridgehead atoms. The lowest BCUT2D eigenvalue weighted by molar-refractivity contribution is -0.141. The van der Waals surface area contributed by atoms with E-state index in [4.69, 9.17) is 4.42 Å². The fourth-order valence-corrected chi connectivity index (χ4v) is 1.62. The smallest absolute Gasteiger partial charge is 0.327 e. The van der Waals surface area contributed by atoms with Gasteiger partial charge in [-0.25, -0.2) is 9.78 Å². The standard InChI is InChI=1S/C12H14N2O3/c1-7(12(15)16-3)13-9-4-5-11-10(6-9)14-8(2)17-11/h4-7,13H,1-3H3. The SMILES string of the molecule is COC(=O)C(C)Nc1ccc2oc(C)nc2c1. The number of aromatic nitrogens is 1. The Labute approximate surface area is 98.8 Å². The van der Waals surface area contributed by atoms with Gasteiger partial charge in [0.1, 0.15) is 11.6 Å². The second-order valence-corrected chi connectivity index (χ2v) is 3.80. The predicted octanol–water partition coefficient (Wildman–Crippen LogP) is 2.11. The zero-order valence-electron chi connectivity index (χ0n) is 9.98. The Morgan fingerprint density at radius 1 is 1.53 bits per heavy atom. The maximum absolute atomic E-state index is 11.3. The van der Waals surface area contributed by atoms with Crippen molar-refractivity contribution in [1.82, 2.24) is 4.98 Å². The van der Waals surface area contributed by atoms with Crippen molar-refractivity contribution in [1.29, 1.82) is 0 Å². The molecule has 0 saturated heterocycles. The maximum Gasteiger partial charge on any atom is 0.327 e. The molecule has 1 atom stereocenters. The van der Waals surface area contributed by atoms with E-state index in [9.17, 15) is 4.79 Å². The largest absolute Gasteiger partial charge is 0.467 e. The number of rotatable bonds is 3. The molecule has 0 amide bonds. The third-order valence-corrected chi connectivity index (χ3v) is 2.43. The summed E-state index contributed by atoms with van der Waals surface area (Å²) in [6.07, 6.45) is 0. The van der Waals surface area contributed by atoms with Gasteiger partial charge in [0.05, 0.1) is 7.11 Å². The van der Waals surface area contributed by atoms with E-state index in [-0.39, 0.29) is 5.97 Å². The number of hydrogen-bond donors (Lipinski definition) is 1. The average Bonchev–Trinajstić information content (AvgIpc) is 2.67. The number of nitrogens with one attached hydrogen (secondary N) is 1. The number of methoxy groups -OCH3 is 1. The molecule has 0 aliphatic rings. The first-order valence-corrected chi connectivity index (χ1v) is 5.31. The van der Waals surface area contributed by atoms with Crippen LogP contribution in [-0.2, 0) is 9.53 Å². The molecule has 0 fully saturated rings. The second kappa shape index (κ2) is 4.45. The highest BCUT2D eigenvalue weighted by atomic mass is 16.5. The van der Waals surface area contributed by atoms with Crippen molar-refractivity contribution in [2.45, 2.75) is 19.9 Å². The van der Waals surface area contributed by atoms with Crippen LogP contribution in [0.5, 0.6) is 0 Å². The van der Waals surface area contributed by atoms with Crippen molar-refractivity contribution in [3.05, 3.63) is 24.1 Å². The van der Waals surface area contributed by atoms with Crippen LogP contribution in [0, 0.1) is 6.92 Å². The Balaban J connectivity index is 2.21. The maximum atomic E-state index is 11.3. The summed E-state index contributed by atoms with van der Waals surface area (Å²) in [4.78, 5) is 15.5. The van der Waals surface area contributed by atoms with E-state index in [0.29, 0.717) is 5.89 Å². The number of aryl methyl sites for hydroxylation is 1. The van der Waals surface area contributed by atoms with E-state index in [1.54, 1.807) is 13.8 Å². The van der Waals surface area contributed by atoms with Gasteiger partial charge >= 0.3 is 5.97 Å². The van der Waals surface area contributed by atoms with Gasteiger partial charge < -0.3 is 14.5 Å². The molecule has 90 valence electrons. The summed E-state index contributed by atoms with van der Waals surface area (Å²) >= 11 is 0. The summed E-state index contributed by atoms with van der Waals surface area (Å²) in [6, 6.07) is 5.10. The number of carbonyl (C=O) groups is 1. The molecule has 0 saturated carbocycles. The van der Waals surface area contributed by atoms with Crippen LogP contribution < -0.4 is 5.32 Å². The van der Waals surface area contributed by atoms with E-state index >= 15 is 0 Å². The molecule has 0 aliphatic heterocycles. The van der Waals surface area contributed by atoms with Crippen molar-refractivity contribution in [3.63, 3.8) is 0 Å². The Kier molecular flexibility index (Phi) is 2.99. The highest BCUT2D eigenvalue weighted by Crippen LogP contribution is 2.20. The molecule has 5 nitrogen and oxygen atoms in total. The first-order valence-electron chi connectivity index (χ1n) is 5.31. The van der Waals surface area contributed by atoms with Gasteiger partial charge in [0.2, 0.25) is 0 Å². The van der Waals surface area contributed by atoms with Gasteiger partial charge in [-0.15, -0.1) is 0 Å². The van der Waals surface area contributed by atoms with E-state index in [1.165, 1.54) is 7.11 Å². The first-order chi connectivity index (χ1) is 8.10. The third kappa shape index (κ3) is 2.38. The van der Waals surface area contributed by atoms with Crippen LogP contribution in [0.3, 0.4) is 0 Å². The van der Waals surface area contributed by atoms with Gasteiger partial charge in [-0.05, 0) is 25.1 Å². The molecule has 0 spiro atoms. The summed E-state index contributed by atoms with van der Waals surface area (Å²) in [5, 5.41) is 3.04. The fourth-order valence-electron chi connectivity index (χ4n) is 1.62. The zero-order chi connectivity index (χ0) is 12.4. The number of hydrogen-bond acceptors (Lipinski definition) is 5. The molecule has 17 heavy (non-hydrogen) atoms. The van der Waals surface area contributed by atoms with Crippen LogP contribution >= 0.6 is 0 Å². The number of benzene rings is 1. The van der Waals surface area contributed by atoms with Crippen molar-refractivity contribution in [2.75, 3.05) is 12.4 Å². The number of nitrogens with zero attached hydrogens (tertiary/aromatic N) is 1. The van der Waals surface area contributed by atoms with Gasteiger partial charge in [-0.1, -0.05) is 0 Å². The minimum atomic E-state index is -0.398. The van der Waals surface area contributed by atoms with Crippen molar-refractivity contribution in [2.24, 2.45) is 0 Å². The Bertz CT molecular complexity index is 548. The highest BCUT2D eigenvalue weighted by molar-refractivity contribution is 5.81. The van der Waals surface area contributed by atoms with E-state index < -0.39 is 6.04 Å². The van der Waals surface area contributed by atoms with Gasteiger partial charge in [0, 0.05) is 12.6 Å². The minimum absolute atomic E-state index is 0.304. The molecule has 2 rings (SSSR count). The summed E-state index contributed by atoms with van der Waals surface area (Å²) in [7, 11) is 1.37. The molecule has 0 aliphatic carbocycles. The van der Waals surface area contributed by atoms with Crippen LogP contribution in [-0.4, -0.2) is 24.1 Å². The van der Waals surface area contributed by atoms with E-state index in [1.807, 2.05) is 18.2 Å². The number of esters is 1. The summed E-state index contributed by atoms with van der Waals surface area (Å²) < 4.78 is 10.0. The normalized spacial score (nSPS) is 12.4. The molecule has 2 aromatic rings. The summed E-state index contributed by atoms with van der Waals surface area (Å²) in [5.74, 6) is 0.319. The summed E-state index contributed by atoms with van der Waals surface area (Å²) in [5.41, 5.74) is 2.31. The summed E-state index contributed by atoms with van der Waals surface area (Å²) in [6.45, 7) is 3.54. The van der Waals surface area contributed by atoms with Crippen molar-refractivity contribution >= 4 is 22.8 Å². The molecular weight excluding hydrogens is 220 g/mol. The van der Waals surface area contributed by atoms with Crippen LogP contribution in [0.25, 0.3) is 11.1 Å².